The fraction of sp³-hybridized carbons (Fsp3) is 0.444. The lowest BCUT2D eigenvalue weighted by Crippen LogP contribution is -2.07. The third kappa shape index (κ3) is 2.92. The second-order valence-electron chi connectivity index (χ2n) is 2.68. The fourth-order valence-corrected chi connectivity index (χ4v) is 1.63. The van der Waals surface area contributed by atoms with Crippen LogP contribution in [0.15, 0.2) is 5.38 Å². The molecule has 1 aromatic heterocycles. The Labute approximate surface area is 85.9 Å². The molecule has 76 valence electrons. The molecule has 0 amide bonds. The lowest BCUT2D eigenvalue weighted by Gasteiger charge is -1.97. The number of hydrogen-bond donors (Lipinski definition) is 0. The summed E-state index contributed by atoms with van der Waals surface area (Å²) in [7, 11) is 0. The second-order valence-corrected chi connectivity index (χ2v) is 3.54. The highest BCUT2D eigenvalue weighted by molar-refractivity contribution is 7.11. The van der Waals surface area contributed by atoms with Crippen LogP contribution in [0.1, 0.15) is 29.3 Å². The molecule has 0 fully saturated rings. The third-order valence-electron chi connectivity index (χ3n) is 1.48. The van der Waals surface area contributed by atoms with E-state index >= 15 is 0 Å². The number of hydrogen-bond acceptors (Lipinski definition) is 5. The maximum atomic E-state index is 11.0. The number of esters is 1. The van der Waals surface area contributed by atoms with Crippen LogP contribution in [-0.4, -0.2) is 23.3 Å². The topological polar surface area (TPSA) is 56.3 Å². The molecule has 1 rings (SSSR count). The molecule has 0 saturated heterocycles. The Morgan fingerprint density at radius 3 is 2.79 bits per heavy atom. The summed E-state index contributed by atoms with van der Waals surface area (Å²) in [6.07, 6.45) is 0.137. The summed E-state index contributed by atoms with van der Waals surface area (Å²) in [4.78, 5) is 26.0. The van der Waals surface area contributed by atoms with Gasteiger partial charge in [0.1, 0.15) is 0 Å². The molecule has 0 unspecified atom stereocenters. The van der Waals surface area contributed by atoms with Gasteiger partial charge in [-0.3, -0.25) is 9.59 Å². The molecule has 0 aliphatic carbocycles. The van der Waals surface area contributed by atoms with E-state index in [4.69, 9.17) is 4.74 Å². The zero-order valence-electron chi connectivity index (χ0n) is 8.07. The molecule has 0 aliphatic rings. The lowest BCUT2D eigenvalue weighted by molar-refractivity contribution is -0.142. The molecular formula is C9H11NO3S. The van der Waals surface area contributed by atoms with Gasteiger partial charge in [0.2, 0.25) is 0 Å². The first-order valence-corrected chi connectivity index (χ1v) is 5.12. The Morgan fingerprint density at radius 2 is 2.29 bits per heavy atom. The molecule has 0 spiro atoms. The summed E-state index contributed by atoms with van der Waals surface area (Å²) >= 11 is 1.25. The highest BCUT2D eigenvalue weighted by atomic mass is 32.1. The van der Waals surface area contributed by atoms with Gasteiger partial charge in [0, 0.05) is 12.3 Å². The van der Waals surface area contributed by atoms with Gasteiger partial charge < -0.3 is 4.74 Å². The normalized spacial score (nSPS) is 9.86. The van der Waals surface area contributed by atoms with Crippen LogP contribution in [0, 0.1) is 0 Å². The van der Waals surface area contributed by atoms with Crippen LogP contribution in [0.4, 0.5) is 0 Å². The monoisotopic (exact) mass is 213 g/mol. The number of Topliss-reactive ketones (excluding diaryl/α,β-unsaturated/α-hetero) is 1. The van der Waals surface area contributed by atoms with Gasteiger partial charge >= 0.3 is 5.97 Å². The summed E-state index contributed by atoms with van der Waals surface area (Å²) in [5, 5.41) is 2.14. The number of aromatic nitrogens is 1. The third-order valence-corrected chi connectivity index (χ3v) is 2.48. The first-order chi connectivity index (χ1) is 6.63. The van der Waals surface area contributed by atoms with Crippen molar-refractivity contribution in [3.8, 4) is 0 Å². The molecule has 0 saturated carbocycles. The van der Waals surface area contributed by atoms with E-state index in [-0.39, 0.29) is 18.2 Å². The standard InChI is InChI=1S/C9H11NO3S/c1-3-13-8(12)4-7-5-14-9(10-7)6(2)11/h5H,3-4H2,1-2H3. The molecule has 1 heterocycles. The van der Waals surface area contributed by atoms with Crippen molar-refractivity contribution in [2.75, 3.05) is 6.61 Å². The van der Waals surface area contributed by atoms with Gasteiger partial charge in [-0.15, -0.1) is 11.3 Å². The summed E-state index contributed by atoms with van der Waals surface area (Å²) in [5.41, 5.74) is 0.596. The van der Waals surface area contributed by atoms with Crippen LogP contribution >= 0.6 is 11.3 Å². The molecule has 4 nitrogen and oxygen atoms in total. The SMILES string of the molecule is CCOC(=O)Cc1csc(C(C)=O)n1. The quantitative estimate of drug-likeness (QED) is 0.561. The highest BCUT2D eigenvalue weighted by Crippen LogP contribution is 2.11. The zero-order chi connectivity index (χ0) is 10.6. The largest absolute Gasteiger partial charge is 0.466 e. The average Bonchev–Trinajstić information content (AvgIpc) is 2.53. The van der Waals surface area contributed by atoms with E-state index in [1.165, 1.54) is 18.3 Å². The molecule has 0 N–H and O–H groups in total. The van der Waals surface area contributed by atoms with Gasteiger partial charge in [-0.2, -0.15) is 0 Å². The van der Waals surface area contributed by atoms with E-state index in [0.717, 1.165) is 0 Å². The number of nitrogens with zero attached hydrogens (tertiary/aromatic N) is 1. The molecule has 0 atom stereocenters. The van der Waals surface area contributed by atoms with E-state index in [2.05, 4.69) is 4.98 Å². The van der Waals surface area contributed by atoms with Crippen molar-refractivity contribution in [2.24, 2.45) is 0 Å². The van der Waals surface area contributed by atoms with Crippen molar-refractivity contribution in [2.45, 2.75) is 20.3 Å². The minimum absolute atomic E-state index is 0.0786. The van der Waals surface area contributed by atoms with Crippen LogP contribution in [0.3, 0.4) is 0 Å². The maximum absolute atomic E-state index is 11.0. The molecule has 0 aromatic carbocycles. The van der Waals surface area contributed by atoms with Crippen molar-refractivity contribution >= 4 is 23.1 Å². The van der Waals surface area contributed by atoms with Gasteiger partial charge in [-0.25, -0.2) is 4.98 Å². The summed E-state index contributed by atoms with van der Waals surface area (Å²) in [6.45, 7) is 3.56. The Bertz CT molecular complexity index is 346. The number of ether oxygens (including phenoxy) is 1. The van der Waals surface area contributed by atoms with Crippen molar-refractivity contribution in [1.82, 2.24) is 4.98 Å². The fourth-order valence-electron chi connectivity index (χ4n) is 0.910. The molecule has 0 aliphatic heterocycles. The highest BCUT2D eigenvalue weighted by Gasteiger charge is 2.10. The van der Waals surface area contributed by atoms with E-state index in [1.54, 1.807) is 12.3 Å². The molecular weight excluding hydrogens is 202 g/mol. The van der Waals surface area contributed by atoms with E-state index in [0.29, 0.717) is 17.3 Å². The zero-order valence-corrected chi connectivity index (χ0v) is 8.89. The number of carbonyl (C=O) groups excluding carboxylic acids is 2. The molecule has 0 bridgehead atoms. The minimum Gasteiger partial charge on any atom is -0.466 e. The van der Waals surface area contributed by atoms with E-state index in [9.17, 15) is 9.59 Å². The second kappa shape index (κ2) is 4.85. The first-order valence-electron chi connectivity index (χ1n) is 4.24. The summed E-state index contributed by atoms with van der Waals surface area (Å²) < 4.78 is 4.76. The molecule has 1 aromatic rings. The van der Waals surface area contributed by atoms with E-state index in [1.807, 2.05) is 0 Å². The van der Waals surface area contributed by atoms with Crippen LogP contribution in [0.25, 0.3) is 0 Å². The lowest BCUT2D eigenvalue weighted by atomic mass is 10.3. The van der Waals surface area contributed by atoms with Crippen molar-refractivity contribution in [3.05, 3.63) is 16.1 Å². The van der Waals surface area contributed by atoms with Crippen molar-refractivity contribution in [1.29, 1.82) is 0 Å². The summed E-state index contributed by atoms with van der Waals surface area (Å²) in [5.74, 6) is -0.391. The van der Waals surface area contributed by atoms with Crippen LogP contribution in [-0.2, 0) is 16.0 Å². The molecule has 5 heteroatoms. The molecule has 14 heavy (non-hydrogen) atoms. The maximum Gasteiger partial charge on any atom is 0.311 e. The predicted octanol–water partition coefficient (Wildman–Crippen LogP) is 1.45. The van der Waals surface area contributed by atoms with Crippen molar-refractivity contribution < 1.29 is 14.3 Å². The Morgan fingerprint density at radius 1 is 1.57 bits per heavy atom. The number of ketones is 1. The smallest absolute Gasteiger partial charge is 0.311 e. The van der Waals surface area contributed by atoms with Gasteiger partial charge in [0.25, 0.3) is 0 Å². The Hall–Kier alpha value is -1.23. The van der Waals surface area contributed by atoms with Crippen LogP contribution < -0.4 is 0 Å². The Balaban J connectivity index is 2.59. The average molecular weight is 213 g/mol. The number of thiazole rings is 1. The van der Waals surface area contributed by atoms with E-state index < -0.39 is 0 Å². The van der Waals surface area contributed by atoms with Crippen molar-refractivity contribution in [3.63, 3.8) is 0 Å². The predicted molar refractivity (Wildman–Crippen MR) is 52.5 cm³/mol. The first kappa shape index (κ1) is 10.8. The van der Waals surface area contributed by atoms with Crippen LogP contribution in [0.2, 0.25) is 0 Å². The summed E-state index contributed by atoms with van der Waals surface area (Å²) in [6, 6.07) is 0. The number of rotatable bonds is 4. The minimum atomic E-state index is -0.312. The van der Waals surface area contributed by atoms with Gasteiger partial charge in [0.05, 0.1) is 18.7 Å². The molecule has 0 radical (unpaired) electrons. The Kier molecular flexibility index (Phi) is 3.76. The van der Waals surface area contributed by atoms with Gasteiger partial charge in [-0.05, 0) is 6.92 Å². The van der Waals surface area contributed by atoms with Crippen LogP contribution in [0.5, 0.6) is 0 Å². The van der Waals surface area contributed by atoms with Gasteiger partial charge in [0.15, 0.2) is 10.8 Å². The number of carbonyl (C=O) groups is 2. The van der Waals surface area contributed by atoms with Gasteiger partial charge in [-0.1, -0.05) is 0 Å².